The lowest BCUT2D eigenvalue weighted by molar-refractivity contribution is 0.463. The standard InChI is InChI=1S/C26H46O/c1-4-7-9-11-12-13-14-15-16-18-20-25-24(19-17-10-8-5-2)23(6-3)21-22-26(25)27/h21-22,27H,4-20H2,1-3H3. The molecular formula is C26H46O. The van der Waals surface area contributed by atoms with E-state index in [2.05, 4.69) is 26.8 Å². The summed E-state index contributed by atoms with van der Waals surface area (Å²) < 4.78 is 0. The van der Waals surface area contributed by atoms with Crippen LogP contribution >= 0.6 is 0 Å². The van der Waals surface area contributed by atoms with Crippen LogP contribution in [0.1, 0.15) is 127 Å². The van der Waals surface area contributed by atoms with Crippen molar-refractivity contribution >= 4 is 0 Å². The molecule has 0 heterocycles. The number of hydrogen-bond acceptors (Lipinski definition) is 1. The monoisotopic (exact) mass is 374 g/mol. The molecule has 0 aliphatic rings. The summed E-state index contributed by atoms with van der Waals surface area (Å²) in [4.78, 5) is 0. The fourth-order valence-electron chi connectivity index (χ4n) is 4.17. The van der Waals surface area contributed by atoms with Crippen molar-refractivity contribution in [2.75, 3.05) is 0 Å². The number of phenolic OH excluding ortho intramolecular Hbond substituents is 1. The summed E-state index contributed by atoms with van der Waals surface area (Å²) in [5.74, 6) is 0.536. The van der Waals surface area contributed by atoms with Gasteiger partial charge in [0.1, 0.15) is 5.75 Å². The molecule has 0 radical (unpaired) electrons. The lowest BCUT2D eigenvalue weighted by Crippen LogP contribution is -2.01. The van der Waals surface area contributed by atoms with E-state index < -0.39 is 0 Å². The summed E-state index contributed by atoms with van der Waals surface area (Å²) in [5, 5.41) is 10.5. The second-order valence-electron chi connectivity index (χ2n) is 8.30. The van der Waals surface area contributed by atoms with Gasteiger partial charge in [-0.3, -0.25) is 0 Å². The van der Waals surface area contributed by atoms with E-state index in [0.29, 0.717) is 5.75 Å². The highest BCUT2D eigenvalue weighted by molar-refractivity contribution is 5.44. The van der Waals surface area contributed by atoms with Gasteiger partial charge in [0.15, 0.2) is 0 Å². The zero-order valence-electron chi connectivity index (χ0n) is 18.6. The Bertz CT molecular complexity index is 477. The summed E-state index contributed by atoms with van der Waals surface area (Å²) in [6.07, 6.45) is 22.1. The Morgan fingerprint density at radius 1 is 0.556 bits per heavy atom. The zero-order chi connectivity index (χ0) is 19.7. The van der Waals surface area contributed by atoms with Crippen molar-refractivity contribution in [1.82, 2.24) is 0 Å². The summed E-state index contributed by atoms with van der Waals surface area (Å²) >= 11 is 0. The van der Waals surface area contributed by atoms with Crippen LogP contribution in [0.25, 0.3) is 0 Å². The second-order valence-corrected chi connectivity index (χ2v) is 8.30. The molecule has 0 aliphatic heterocycles. The summed E-state index contributed by atoms with van der Waals surface area (Å²) in [7, 11) is 0. The van der Waals surface area contributed by atoms with Crippen molar-refractivity contribution in [2.24, 2.45) is 0 Å². The van der Waals surface area contributed by atoms with Crippen LogP contribution in [0, 0.1) is 0 Å². The molecule has 1 N–H and O–H groups in total. The topological polar surface area (TPSA) is 20.2 Å². The lowest BCUT2D eigenvalue weighted by Gasteiger charge is -2.16. The van der Waals surface area contributed by atoms with E-state index in [-0.39, 0.29) is 0 Å². The molecule has 0 fully saturated rings. The quantitative estimate of drug-likeness (QED) is 0.271. The molecule has 0 aromatic heterocycles. The Morgan fingerprint density at radius 3 is 1.52 bits per heavy atom. The molecule has 1 aromatic carbocycles. The molecule has 0 atom stereocenters. The summed E-state index contributed by atoms with van der Waals surface area (Å²) in [6, 6.07) is 4.08. The number of unbranched alkanes of at least 4 members (excludes halogenated alkanes) is 12. The Balaban J connectivity index is 2.37. The maximum absolute atomic E-state index is 10.5. The molecule has 1 heteroatoms. The predicted octanol–water partition coefficient (Wildman–Crippen LogP) is 8.54. The molecule has 0 amide bonds. The van der Waals surface area contributed by atoms with Crippen molar-refractivity contribution in [3.63, 3.8) is 0 Å². The first-order valence-electron chi connectivity index (χ1n) is 12.1. The van der Waals surface area contributed by atoms with Crippen molar-refractivity contribution in [3.05, 3.63) is 28.8 Å². The van der Waals surface area contributed by atoms with Gasteiger partial charge in [-0.1, -0.05) is 104 Å². The first-order valence-corrected chi connectivity index (χ1v) is 12.1. The third kappa shape index (κ3) is 10.2. The van der Waals surface area contributed by atoms with Gasteiger partial charge in [-0.15, -0.1) is 0 Å². The molecule has 0 spiro atoms. The number of aryl methyl sites for hydroxylation is 1. The van der Waals surface area contributed by atoms with Gasteiger partial charge < -0.3 is 5.11 Å². The fraction of sp³-hybridized carbons (Fsp3) is 0.769. The van der Waals surface area contributed by atoms with Crippen molar-refractivity contribution in [1.29, 1.82) is 0 Å². The molecule has 156 valence electrons. The van der Waals surface area contributed by atoms with Gasteiger partial charge >= 0.3 is 0 Å². The van der Waals surface area contributed by atoms with Gasteiger partial charge in [0, 0.05) is 0 Å². The third-order valence-corrected chi connectivity index (χ3v) is 5.95. The van der Waals surface area contributed by atoms with E-state index in [0.717, 1.165) is 19.3 Å². The van der Waals surface area contributed by atoms with E-state index in [1.165, 1.54) is 107 Å². The zero-order valence-corrected chi connectivity index (χ0v) is 18.6. The van der Waals surface area contributed by atoms with Crippen LogP contribution in [-0.2, 0) is 19.3 Å². The first kappa shape index (κ1) is 24.1. The van der Waals surface area contributed by atoms with Gasteiger partial charge in [-0.25, -0.2) is 0 Å². The third-order valence-electron chi connectivity index (χ3n) is 5.95. The molecule has 27 heavy (non-hydrogen) atoms. The maximum atomic E-state index is 10.5. The minimum Gasteiger partial charge on any atom is -0.508 e. The first-order chi connectivity index (χ1) is 13.2. The van der Waals surface area contributed by atoms with Crippen LogP contribution in [-0.4, -0.2) is 5.11 Å². The van der Waals surface area contributed by atoms with Gasteiger partial charge in [0.2, 0.25) is 0 Å². The highest BCUT2D eigenvalue weighted by atomic mass is 16.3. The van der Waals surface area contributed by atoms with Crippen LogP contribution < -0.4 is 0 Å². The molecule has 0 bridgehead atoms. The van der Waals surface area contributed by atoms with Crippen LogP contribution in [0.3, 0.4) is 0 Å². The Hall–Kier alpha value is -0.980. The minimum atomic E-state index is 0.536. The highest BCUT2D eigenvalue weighted by Gasteiger charge is 2.12. The van der Waals surface area contributed by atoms with Crippen LogP contribution in [0.5, 0.6) is 5.75 Å². The smallest absolute Gasteiger partial charge is 0.119 e. The van der Waals surface area contributed by atoms with E-state index in [4.69, 9.17) is 0 Å². The molecule has 1 aromatic rings. The SMILES string of the molecule is CCCCCCCCCCCCc1c(O)ccc(CC)c1CCCCCC. The molecule has 0 saturated carbocycles. The summed E-state index contributed by atoms with van der Waals surface area (Å²) in [5.41, 5.74) is 4.17. The van der Waals surface area contributed by atoms with Gasteiger partial charge in [0.25, 0.3) is 0 Å². The Labute approximate surface area is 170 Å². The van der Waals surface area contributed by atoms with Gasteiger partial charge in [0.05, 0.1) is 0 Å². The Kier molecular flexibility index (Phi) is 14.3. The van der Waals surface area contributed by atoms with Crippen LogP contribution in [0.2, 0.25) is 0 Å². The number of aromatic hydroxyl groups is 1. The largest absolute Gasteiger partial charge is 0.508 e. The molecule has 1 nitrogen and oxygen atoms in total. The second kappa shape index (κ2) is 16.0. The average Bonchev–Trinajstić information content (AvgIpc) is 2.68. The van der Waals surface area contributed by atoms with Crippen molar-refractivity contribution in [3.8, 4) is 5.75 Å². The number of benzene rings is 1. The number of hydrogen-bond donors (Lipinski definition) is 1. The maximum Gasteiger partial charge on any atom is 0.119 e. The van der Waals surface area contributed by atoms with E-state index in [9.17, 15) is 5.11 Å². The summed E-state index contributed by atoms with van der Waals surface area (Å²) in [6.45, 7) is 6.79. The molecule has 1 rings (SSSR count). The molecular weight excluding hydrogens is 328 g/mol. The van der Waals surface area contributed by atoms with E-state index in [1.807, 2.05) is 6.07 Å². The van der Waals surface area contributed by atoms with Crippen LogP contribution in [0.15, 0.2) is 12.1 Å². The van der Waals surface area contributed by atoms with Crippen molar-refractivity contribution in [2.45, 2.75) is 130 Å². The molecule has 0 saturated heterocycles. The van der Waals surface area contributed by atoms with Crippen LogP contribution in [0.4, 0.5) is 0 Å². The van der Waals surface area contributed by atoms with E-state index in [1.54, 1.807) is 0 Å². The van der Waals surface area contributed by atoms with Gasteiger partial charge in [-0.2, -0.15) is 0 Å². The van der Waals surface area contributed by atoms with Gasteiger partial charge in [-0.05, 0) is 54.9 Å². The number of phenols is 1. The van der Waals surface area contributed by atoms with Crippen molar-refractivity contribution < 1.29 is 5.11 Å². The minimum absolute atomic E-state index is 0.536. The molecule has 0 aliphatic carbocycles. The fourth-order valence-corrected chi connectivity index (χ4v) is 4.17. The lowest BCUT2D eigenvalue weighted by atomic mass is 9.90. The highest BCUT2D eigenvalue weighted by Crippen LogP contribution is 2.29. The Morgan fingerprint density at radius 2 is 1.00 bits per heavy atom. The normalized spacial score (nSPS) is 11.2. The molecule has 0 unspecified atom stereocenters. The van der Waals surface area contributed by atoms with E-state index >= 15 is 0 Å². The average molecular weight is 375 g/mol. The predicted molar refractivity (Wildman–Crippen MR) is 121 cm³/mol. The number of rotatable bonds is 17.